The van der Waals surface area contributed by atoms with E-state index in [2.05, 4.69) is 84.8 Å². The molecular formula is C21H19N. The van der Waals surface area contributed by atoms with E-state index in [0.29, 0.717) is 0 Å². The molecule has 0 amide bonds. The average Bonchev–Trinajstić information content (AvgIpc) is 2.61. The molecule has 0 bridgehead atoms. The largest absolute Gasteiger partial charge is 0.344 e. The van der Waals surface area contributed by atoms with Crippen molar-refractivity contribution >= 4 is 28.2 Å². The topological polar surface area (TPSA) is 3.24 Å². The summed E-state index contributed by atoms with van der Waals surface area (Å²) in [5.41, 5.74) is 5.41. The molecule has 1 aliphatic rings. The fourth-order valence-corrected chi connectivity index (χ4v) is 3.38. The van der Waals surface area contributed by atoms with Crippen molar-refractivity contribution in [2.75, 3.05) is 11.9 Å². The molecule has 0 N–H and O–H groups in total. The molecular weight excluding hydrogens is 266 g/mol. The lowest BCUT2D eigenvalue weighted by Gasteiger charge is -2.26. The molecule has 3 aromatic rings. The van der Waals surface area contributed by atoms with Gasteiger partial charge in [0.25, 0.3) is 0 Å². The van der Waals surface area contributed by atoms with E-state index in [-0.39, 0.29) is 0 Å². The zero-order valence-electron chi connectivity index (χ0n) is 12.8. The van der Waals surface area contributed by atoms with Crippen LogP contribution in [0.25, 0.3) is 16.8 Å². The molecule has 108 valence electrons. The third-order valence-electron chi connectivity index (χ3n) is 4.53. The van der Waals surface area contributed by atoms with Gasteiger partial charge in [-0.1, -0.05) is 54.6 Å². The highest BCUT2D eigenvalue weighted by Crippen LogP contribution is 2.37. The number of nitrogens with zero attached hydrogens (tertiary/aromatic N) is 1. The summed E-state index contributed by atoms with van der Waals surface area (Å²) in [5.74, 6) is 0. The Hall–Kier alpha value is -2.54. The number of hydrogen-bond donors (Lipinski definition) is 0. The summed E-state index contributed by atoms with van der Waals surface area (Å²) >= 11 is 0. The second-order valence-electron chi connectivity index (χ2n) is 5.84. The lowest BCUT2D eigenvalue weighted by molar-refractivity contribution is 0.978. The van der Waals surface area contributed by atoms with Crippen LogP contribution in [0, 0.1) is 0 Å². The fourth-order valence-electron chi connectivity index (χ4n) is 3.38. The Kier molecular flexibility index (Phi) is 3.19. The Bertz CT molecular complexity index is 846. The smallest absolute Gasteiger partial charge is 0.0453 e. The normalized spacial score (nSPS) is 13.1. The minimum absolute atomic E-state index is 1.11. The number of allylic oxidation sites excluding steroid dienone is 1. The van der Waals surface area contributed by atoms with Crippen LogP contribution in [0.4, 0.5) is 11.4 Å². The summed E-state index contributed by atoms with van der Waals surface area (Å²) in [6, 6.07) is 21.6. The zero-order chi connectivity index (χ0) is 14.9. The first-order chi connectivity index (χ1) is 10.8. The number of fused-ring (bicyclic) bond motifs is 3. The Morgan fingerprint density at radius 1 is 0.909 bits per heavy atom. The van der Waals surface area contributed by atoms with E-state index in [0.717, 1.165) is 12.8 Å². The van der Waals surface area contributed by atoms with Crippen LogP contribution in [0.5, 0.6) is 0 Å². The van der Waals surface area contributed by atoms with E-state index in [4.69, 9.17) is 0 Å². The highest BCUT2D eigenvalue weighted by molar-refractivity contribution is 5.97. The quantitative estimate of drug-likeness (QED) is 0.595. The average molecular weight is 285 g/mol. The van der Waals surface area contributed by atoms with Gasteiger partial charge in [0.1, 0.15) is 0 Å². The highest BCUT2D eigenvalue weighted by atomic mass is 15.1. The Labute approximate surface area is 131 Å². The van der Waals surface area contributed by atoms with Gasteiger partial charge in [-0.05, 0) is 52.9 Å². The first-order valence-corrected chi connectivity index (χ1v) is 7.84. The van der Waals surface area contributed by atoms with Crippen molar-refractivity contribution < 1.29 is 0 Å². The molecule has 3 aromatic carbocycles. The van der Waals surface area contributed by atoms with Gasteiger partial charge >= 0.3 is 0 Å². The first kappa shape index (κ1) is 13.1. The number of anilines is 2. The molecule has 22 heavy (non-hydrogen) atoms. The predicted octanol–water partition coefficient (Wildman–Crippen LogP) is 5.57. The van der Waals surface area contributed by atoms with Gasteiger partial charge in [0, 0.05) is 18.4 Å². The molecule has 4 rings (SSSR count). The summed E-state index contributed by atoms with van der Waals surface area (Å²) in [6.07, 6.45) is 6.83. The molecule has 0 unspecified atom stereocenters. The van der Waals surface area contributed by atoms with Crippen LogP contribution in [0.3, 0.4) is 0 Å². The van der Waals surface area contributed by atoms with Crippen molar-refractivity contribution in [3.05, 3.63) is 77.9 Å². The van der Waals surface area contributed by atoms with Gasteiger partial charge < -0.3 is 4.90 Å². The molecule has 0 saturated heterocycles. The van der Waals surface area contributed by atoms with Gasteiger partial charge in [-0.3, -0.25) is 0 Å². The van der Waals surface area contributed by atoms with E-state index in [1.165, 1.54) is 33.3 Å². The number of rotatable bonds is 2. The maximum atomic E-state index is 2.33. The molecule has 0 heterocycles. The van der Waals surface area contributed by atoms with Crippen LogP contribution in [0.2, 0.25) is 0 Å². The maximum absolute atomic E-state index is 2.33. The monoisotopic (exact) mass is 285 g/mol. The third-order valence-corrected chi connectivity index (χ3v) is 4.53. The minimum Gasteiger partial charge on any atom is -0.344 e. The predicted molar refractivity (Wildman–Crippen MR) is 95.8 cm³/mol. The van der Waals surface area contributed by atoms with Crippen molar-refractivity contribution in [1.82, 2.24) is 0 Å². The summed E-state index contributed by atoms with van der Waals surface area (Å²) in [5, 5.41) is 2.67. The van der Waals surface area contributed by atoms with E-state index in [9.17, 15) is 0 Å². The summed E-state index contributed by atoms with van der Waals surface area (Å²) in [6.45, 7) is 0. The lowest BCUT2D eigenvalue weighted by atomic mass is 9.90. The first-order valence-electron chi connectivity index (χ1n) is 7.84. The molecule has 0 radical (unpaired) electrons. The molecule has 1 nitrogen and oxygen atoms in total. The van der Waals surface area contributed by atoms with Gasteiger partial charge in [-0.25, -0.2) is 0 Å². The molecule has 0 saturated carbocycles. The Morgan fingerprint density at radius 3 is 2.55 bits per heavy atom. The molecule has 0 spiro atoms. The van der Waals surface area contributed by atoms with Gasteiger partial charge in [0.2, 0.25) is 0 Å². The van der Waals surface area contributed by atoms with Gasteiger partial charge in [0.05, 0.1) is 0 Å². The number of hydrogen-bond acceptors (Lipinski definition) is 1. The summed E-state index contributed by atoms with van der Waals surface area (Å²) in [7, 11) is 2.16. The van der Waals surface area contributed by atoms with Gasteiger partial charge in [-0.2, -0.15) is 0 Å². The SMILES string of the molecule is CN(c1ccccc1)c1cc2ccccc2c2c1CCC=C2. The molecule has 0 aromatic heterocycles. The van der Waals surface area contributed by atoms with E-state index < -0.39 is 0 Å². The molecule has 0 aliphatic heterocycles. The standard InChI is InChI=1S/C21H19N/c1-22(17-10-3-2-4-11-17)21-15-16-9-5-6-12-18(16)19-13-7-8-14-20(19)21/h2-7,9-13,15H,8,14H2,1H3. The second-order valence-corrected chi connectivity index (χ2v) is 5.84. The maximum Gasteiger partial charge on any atom is 0.0453 e. The summed E-state index contributed by atoms with van der Waals surface area (Å²) in [4.78, 5) is 2.31. The van der Waals surface area contributed by atoms with Crippen LogP contribution in [0.15, 0.2) is 66.7 Å². The van der Waals surface area contributed by atoms with E-state index in [1.54, 1.807) is 0 Å². The molecule has 1 aliphatic carbocycles. The molecule has 0 atom stereocenters. The van der Waals surface area contributed by atoms with Gasteiger partial charge in [0.15, 0.2) is 0 Å². The van der Waals surface area contributed by atoms with Crippen molar-refractivity contribution in [2.45, 2.75) is 12.8 Å². The van der Waals surface area contributed by atoms with Crippen molar-refractivity contribution in [3.63, 3.8) is 0 Å². The number of benzene rings is 3. The van der Waals surface area contributed by atoms with Crippen molar-refractivity contribution in [3.8, 4) is 0 Å². The minimum atomic E-state index is 1.11. The zero-order valence-corrected chi connectivity index (χ0v) is 12.8. The highest BCUT2D eigenvalue weighted by Gasteiger charge is 2.16. The Balaban J connectivity index is 1.96. The van der Waals surface area contributed by atoms with E-state index >= 15 is 0 Å². The Morgan fingerprint density at radius 2 is 1.68 bits per heavy atom. The van der Waals surface area contributed by atoms with Crippen molar-refractivity contribution in [2.24, 2.45) is 0 Å². The third kappa shape index (κ3) is 2.10. The van der Waals surface area contributed by atoms with Crippen LogP contribution in [-0.2, 0) is 6.42 Å². The number of para-hydroxylation sites is 1. The van der Waals surface area contributed by atoms with Crippen LogP contribution in [0.1, 0.15) is 17.5 Å². The van der Waals surface area contributed by atoms with Crippen LogP contribution >= 0.6 is 0 Å². The van der Waals surface area contributed by atoms with Crippen molar-refractivity contribution in [1.29, 1.82) is 0 Å². The fraction of sp³-hybridized carbons (Fsp3) is 0.143. The van der Waals surface area contributed by atoms with E-state index in [1.807, 2.05) is 0 Å². The van der Waals surface area contributed by atoms with Crippen LogP contribution in [-0.4, -0.2) is 7.05 Å². The lowest BCUT2D eigenvalue weighted by Crippen LogP contribution is -2.13. The summed E-state index contributed by atoms with van der Waals surface area (Å²) < 4.78 is 0. The molecule has 0 fully saturated rings. The molecule has 1 heteroatoms. The second kappa shape index (κ2) is 5.34. The van der Waals surface area contributed by atoms with Crippen LogP contribution < -0.4 is 4.90 Å². The van der Waals surface area contributed by atoms with Gasteiger partial charge in [-0.15, -0.1) is 0 Å².